The lowest BCUT2D eigenvalue weighted by molar-refractivity contribution is -0.136. The summed E-state index contributed by atoms with van der Waals surface area (Å²) in [4.78, 5) is 25.1. The Bertz CT molecular complexity index is 1260. The number of esters is 2. The largest absolute Gasteiger partial charge is 0.508 e. The Balaban J connectivity index is 1.72. The summed E-state index contributed by atoms with van der Waals surface area (Å²) < 4.78 is 16.7. The second-order valence-electron chi connectivity index (χ2n) is 7.92. The molecule has 0 radical (unpaired) electrons. The summed E-state index contributed by atoms with van der Waals surface area (Å²) in [7, 11) is 0. The Morgan fingerprint density at radius 1 is 1.00 bits per heavy atom. The molecule has 0 saturated carbocycles. The molecule has 0 bridgehead atoms. The van der Waals surface area contributed by atoms with Gasteiger partial charge in [0.1, 0.15) is 27.3 Å². The third kappa shape index (κ3) is 2.91. The smallest absolute Gasteiger partial charge is 0.340 e. The van der Waals surface area contributed by atoms with Crippen LogP contribution in [-0.4, -0.2) is 21.4 Å². The Morgan fingerprint density at radius 2 is 1.68 bits per heavy atom. The van der Waals surface area contributed by atoms with Gasteiger partial charge in [-0.15, -0.1) is 0 Å². The molecule has 3 aromatic rings. The van der Waals surface area contributed by atoms with Crippen LogP contribution in [-0.2, 0) is 15.1 Å². The van der Waals surface area contributed by atoms with Gasteiger partial charge in [-0.1, -0.05) is 34.1 Å². The van der Waals surface area contributed by atoms with E-state index in [1.807, 2.05) is 12.1 Å². The first-order valence-electron chi connectivity index (χ1n) is 9.60. The molecule has 3 aromatic carbocycles. The molecule has 1 N–H and O–H groups in total. The van der Waals surface area contributed by atoms with E-state index in [1.165, 1.54) is 12.1 Å². The van der Waals surface area contributed by atoms with Crippen LogP contribution in [0.25, 0.3) is 0 Å². The predicted octanol–water partition coefficient (Wildman–Crippen LogP) is 5.04. The number of benzene rings is 3. The fraction of sp³-hybridized carbons (Fsp3) is 0.167. The third-order valence-corrected chi connectivity index (χ3v) is 5.69. The van der Waals surface area contributed by atoms with Gasteiger partial charge in [-0.2, -0.15) is 0 Å². The van der Waals surface area contributed by atoms with Gasteiger partial charge in [-0.3, -0.25) is 4.79 Å². The first-order valence-corrected chi connectivity index (χ1v) is 10.4. The van der Waals surface area contributed by atoms with Gasteiger partial charge in [-0.25, -0.2) is 4.79 Å². The topological polar surface area (TPSA) is 82.1 Å². The summed E-state index contributed by atoms with van der Waals surface area (Å²) in [6.07, 6.45) is 0. The van der Waals surface area contributed by atoms with E-state index < -0.39 is 21.9 Å². The fourth-order valence-corrected chi connectivity index (χ4v) is 4.02. The van der Waals surface area contributed by atoms with Crippen LogP contribution in [0.3, 0.4) is 0 Å². The van der Waals surface area contributed by atoms with Crippen molar-refractivity contribution in [2.75, 3.05) is 0 Å². The number of phenolic OH excluding ortho intramolecular Hbond substituents is 1. The minimum Gasteiger partial charge on any atom is -0.508 e. The first kappa shape index (κ1) is 19.6. The molecule has 2 heterocycles. The van der Waals surface area contributed by atoms with Crippen molar-refractivity contribution in [2.24, 2.45) is 0 Å². The molecular formula is C24H17BrO6. The standard InChI is InChI=1S/C24H17BrO6/c1-23(2,25)22(28)29-14-8-10-18-20(12-14)30-19-11-13(26)7-9-17(19)24(18)16-6-4-3-5-15(16)21(27)31-24/h3-12,26H,1-2H3. The van der Waals surface area contributed by atoms with E-state index in [4.69, 9.17) is 14.2 Å². The lowest BCUT2D eigenvalue weighted by Crippen LogP contribution is -2.33. The Morgan fingerprint density at radius 3 is 2.42 bits per heavy atom. The van der Waals surface area contributed by atoms with Crippen LogP contribution < -0.4 is 9.47 Å². The number of hydrogen-bond donors (Lipinski definition) is 1. The summed E-state index contributed by atoms with van der Waals surface area (Å²) in [6.45, 7) is 3.38. The maximum absolute atomic E-state index is 12.8. The van der Waals surface area contributed by atoms with Crippen molar-refractivity contribution >= 4 is 27.9 Å². The fourth-order valence-electron chi connectivity index (χ4n) is 3.94. The molecule has 0 fully saturated rings. The molecule has 0 amide bonds. The summed E-state index contributed by atoms with van der Waals surface area (Å²) in [6, 6.07) is 16.8. The molecule has 6 nitrogen and oxygen atoms in total. The van der Waals surface area contributed by atoms with Gasteiger partial charge in [-0.05, 0) is 44.2 Å². The van der Waals surface area contributed by atoms with Crippen LogP contribution in [0, 0.1) is 0 Å². The number of alkyl halides is 1. The number of ether oxygens (including phenoxy) is 3. The average Bonchev–Trinajstić information content (AvgIpc) is 3.00. The maximum Gasteiger partial charge on any atom is 0.340 e. The van der Waals surface area contributed by atoms with E-state index >= 15 is 0 Å². The van der Waals surface area contributed by atoms with E-state index in [1.54, 1.807) is 50.2 Å². The molecule has 1 atom stereocenters. The summed E-state index contributed by atoms with van der Waals surface area (Å²) in [5.74, 6) is 0.0977. The van der Waals surface area contributed by atoms with Crippen LogP contribution in [0.2, 0.25) is 0 Å². The van der Waals surface area contributed by atoms with Gasteiger partial charge < -0.3 is 19.3 Å². The van der Waals surface area contributed by atoms with Crippen molar-refractivity contribution in [3.63, 3.8) is 0 Å². The van der Waals surface area contributed by atoms with Gasteiger partial charge in [0.25, 0.3) is 0 Å². The minimum atomic E-state index is -1.23. The number of carbonyl (C=O) groups excluding carboxylic acids is 2. The van der Waals surface area contributed by atoms with Crippen LogP contribution in [0.15, 0.2) is 60.7 Å². The monoisotopic (exact) mass is 480 g/mol. The van der Waals surface area contributed by atoms with Gasteiger partial charge >= 0.3 is 11.9 Å². The third-order valence-electron chi connectivity index (χ3n) is 5.36. The van der Waals surface area contributed by atoms with Crippen LogP contribution >= 0.6 is 15.9 Å². The predicted molar refractivity (Wildman–Crippen MR) is 115 cm³/mol. The number of fused-ring (bicyclic) bond motifs is 6. The van der Waals surface area contributed by atoms with Crippen LogP contribution in [0.5, 0.6) is 23.0 Å². The molecule has 1 unspecified atom stereocenters. The molecule has 31 heavy (non-hydrogen) atoms. The normalized spacial score (nSPS) is 18.5. The number of rotatable bonds is 2. The lowest BCUT2D eigenvalue weighted by Gasteiger charge is -2.36. The van der Waals surface area contributed by atoms with Crippen molar-refractivity contribution in [3.05, 3.63) is 82.9 Å². The van der Waals surface area contributed by atoms with E-state index in [0.29, 0.717) is 33.8 Å². The number of halogens is 1. The zero-order chi connectivity index (χ0) is 22.0. The van der Waals surface area contributed by atoms with Gasteiger partial charge in [0.15, 0.2) is 5.60 Å². The SMILES string of the molecule is CC(C)(Br)C(=O)Oc1ccc2c(c1)Oc1cc(O)ccc1C21OC(=O)c2ccccc21. The molecule has 2 aliphatic rings. The summed E-state index contributed by atoms with van der Waals surface area (Å²) in [5, 5.41) is 10.0. The molecule has 5 rings (SSSR count). The van der Waals surface area contributed by atoms with Crippen molar-refractivity contribution in [2.45, 2.75) is 23.8 Å². The molecular weight excluding hydrogens is 464 g/mol. The Labute approximate surface area is 186 Å². The number of phenols is 1. The molecule has 0 aromatic heterocycles. The van der Waals surface area contributed by atoms with Gasteiger partial charge in [0.05, 0.1) is 5.56 Å². The molecule has 1 spiro atoms. The number of carbonyl (C=O) groups is 2. The van der Waals surface area contributed by atoms with E-state index in [9.17, 15) is 14.7 Å². The van der Waals surface area contributed by atoms with Gasteiger partial charge in [0.2, 0.25) is 0 Å². The molecule has 7 heteroatoms. The van der Waals surface area contributed by atoms with Crippen LogP contribution in [0.4, 0.5) is 0 Å². The number of aromatic hydroxyl groups is 1. The van der Waals surface area contributed by atoms with Gasteiger partial charge in [0, 0.05) is 28.8 Å². The van der Waals surface area contributed by atoms with E-state index in [0.717, 1.165) is 0 Å². The van der Waals surface area contributed by atoms with E-state index in [-0.39, 0.29) is 11.5 Å². The molecule has 0 aliphatic carbocycles. The highest BCUT2D eigenvalue weighted by atomic mass is 79.9. The second-order valence-corrected chi connectivity index (χ2v) is 9.90. The quantitative estimate of drug-likeness (QED) is 0.314. The maximum atomic E-state index is 12.8. The Hall–Kier alpha value is -3.32. The van der Waals surface area contributed by atoms with Crippen molar-refractivity contribution < 1.29 is 28.9 Å². The highest BCUT2D eigenvalue weighted by Crippen LogP contribution is 2.56. The van der Waals surface area contributed by atoms with Crippen molar-refractivity contribution in [1.82, 2.24) is 0 Å². The highest BCUT2D eigenvalue weighted by molar-refractivity contribution is 9.10. The first-order chi connectivity index (χ1) is 14.7. The average molecular weight is 481 g/mol. The van der Waals surface area contributed by atoms with Crippen molar-refractivity contribution in [1.29, 1.82) is 0 Å². The zero-order valence-electron chi connectivity index (χ0n) is 16.6. The zero-order valence-corrected chi connectivity index (χ0v) is 18.2. The lowest BCUT2D eigenvalue weighted by atomic mass is 9.77. The highest BCUT2D eigenvalue weighted by Gasteiger charge is 2.53. The summed E-state index contributed by atoms with van der Waals surface area (Å²) >= 11 is 3.29. The molecule has 2 aliphatic heterocycles. The number of hydrogen-bond acceptors (Lipinski definition) is 6. The van der Waals surface area contributed by atoms with Crippen molar-refractivity contribution in [3.8, 4) is 23.0 Å². The van der Waals surface area contributed by atoms with E-state index in [2.05, 4.69) is 15.9 Å². The van der Waals surface area contributed by atoms with Crippen LogP contribution in [0.1, 0.15) is 40.9 Å². The minimum absolute atomic E-state index is 0.0126. The Kier molecular flexibility index (Phi) is 4.17. The molecule has 156 valence electrons. The molecule has 0 saturated heterocycles. The summed E-state index contributed by atoms with van der Waals surface area (Å²) in [5.41, 5.74) is 1.11. The second kappa shape index (κ2) is 6.59.